The molecule has 2 rings (SSSR count). The van der Waals surface area contributed by atoms with Crippen molar-refractivity contribution in [2.24, 2.45) is 0 Å². The second-order valence-electron chi connectivity index (χ2n) is 3.00. The van der Waals surface area contributed by atoms with Crippen molar-refractivity contribution in [2.75, 3.05) is 0 Å². The van der Waals surface area contributed by atoms with E-state index in [0.717, 1.165) is 5.69 Å². The predicted molar refractivity (Wildman–Crippen MR) is 51.9 cm³/mol. The van der Waals surface area contributed by atoms with Gasteiger partial charge in [0.1, 0.15) is 5.69 Å². The number of rotatable bonds is 3. The molecular weight excluding hydrogens is 200 g/mol. The van der Waals surface area contributed by atoms with Gasteiger partial charge in [0.2, 0.25) is 0 Å². The highest BCUT2D eigenvalue weighted by Gasteiger charge is 2.06. The average Bonchev–Trinajstić information content (AvgIpc) is 2.75. The molecule has 0 aliphatic heterocycles. The lowest BCUT2D eigenvalue weighted by atomic mass is 10.3. The molecule has 0 aliphatic carbocycles. The van der Waals surface area contributed by atoms with E-state index in [1.807, 2.05) is 5.38 Å². The van der Waals surface area contributed by atoms with E-state index in [2.05, 4.69) is 15.3 Å². The zero-order valence-corrected chi connectivity index (χ0v) is 8.48. The molecule has 1 atom stereocenters. The maximum absolute atomic E-state index is 9.23. The van der Waals surface area contributed by atoms with Crippen molar-refractivity contribution in [1.29, 1.82) is 0 Å². The average molecular weight is 210 g/mol. The van der Waals surface area contributed by atoms with E-state index in [1.165, 1.54) is 0 Å². The second-order valence-corrected chi connectivity index (χ2v) is 3.72. The largest absolute Gasteiger partial charge is 0.387 e. The Labute approximate surface area is 85.0 Å². The maximum atomic E-state index is 9.23. The van der Waals surface area contributed by atoms with Crippen molar-refractivity contribution >= 4 is 11.3 Å². The Morgan fingerprint density at radius 3 is 3.07 bits per heavy atom. The van der Waals surface area contributed by atoms with Crippen LogP contribution in [0.4, 0.5) is 0 Å². The SMILES string of the molecule is C[C@@H](O)c1cn(Cc2cscn2)nn1. The molecule has 1 N–H and O–H groups in total. The summed E-state index contributed by atoms with van der Waals surface area (Å²) < 4.78 is 1.66. The molecule has 0 spiro atoms. The zero-order chi connectivity index (χ0) is 9.97. The highest BCUT2D eigenvalue weighted by atomic mass is 32.1. The van der Waals surface area contributed by atoms with Crippen LogP contribution in [0.5, 0.6) is 0 Å². The van der Waals surface area contributed by atoms with Gasteiger partial charge in [0.15, 0.2) is 0 Å². The first-order chi connectivity index (χ1) is 6.75. The van der Waals surface area contributed by atoms with E-state index in [4.69, 9.17) is 0 Å². The monoisotopic (exact) mass is 210 g/mol. The van der Waals surface area contributed by atoms with Gasteiger partial charge in [-0.15, -0.1) is 16.4 Å². The van der Waals surface area contributed by atoms with Crippen molar-refractivity contribution in [3.05, 3.63) is 28.5 Å². The molecule has 2 heterocycles. The summed E-state index contributed by atoms with van der Waals surface area (Å²) in [6.07, 6.45) is 1.16. The summed E-state index contributed by atoms with van der Waals surface area (Å²) in [6, 6.07) is 0. The summed E-state index contributed by atoms with van der Waals surface area (Å²) in [5, 5.41) is 18.9. The van der Waals surface area contributed by atoms with E-state index < -0.39 is 6.10 Å². The van der Waals surface area contributed by atoms with Gasteiger partial charge in [-0.3, -0.25) is 0 Å². The Bertz CT molecular complexity index is 395. The Hall–Kier alpha value is -1.27. The summed E-state index contributed by atoms with van der Waals surface area (Å²) in [4.78, 5) is 4.13. The van der Waals surface area contributed by atoms with Gasteiger partial charge in [0.05, 0.1) is 30.1 Å². The van der Waals surface area contributed by atoms with E-state index in [1.54, 1.807) is 34.6 Å². The topological polar surface area (TPSA) is 63.8 Å². The number of aromatic nitrogens is 4. The molecule has 0 saturated carbocycles. The molecular formula is C8H10N4OS. The number of hydrogen-bond donors (Lipinski definition) is 1. The summed E-state index contributed by atoms with van der Waals surface area (Å²) in [5.74, 6) is 0. The molecule has 0 amide bonds. The number of nitrogens with zero attached hydrogens (tertiary/aromatic N) is 4. The summed E-state index contributed by atoms with van der Waals surface area (Å²) in [7, 11) is 0. The van der Waals surface area contributed by atoms with Gasteiger partial charge in [-0.25, -0.2) is 9.67 Å². The first kappa shape index (κ1) is 9.29. The van der Waals surface area contributed by atoms with Crippen LogP contribution < -0.4 is 0 Å². The summed E-state index contributed by atoms with van der Waals surface area (Å²) in [5.41, 5.74) is 3.32. The molecule has 2 aromatic rings. The normalized spacial score (nSPS) is 13.0. The van der Waals surface area contributed by atoms with Crippen LogP contribution in [0.25, 0.3) is 0 Å². The first-order valence-electron chi connectivity index (χ1n) is 4.21. The first-order valence-corrected chi connectivity index (χ1v) is 5.15. The fourth-order valence-corrected chi connectivity index (χ4v) is 1.61. The molecule has 6 heteroatoms. The zero-order valence-electron chi connectivity index (χ0n) is 7.66. The highest BCUT2D eigenvalue weighted by molar-refractivity contribution is 7.07. The lowest BCUT2D eigenvalue weighted by Crippen LogP contribution is -2.00. The number of aliphatic hydroxyl groups is 1. The second kappa shape index (κ2) is 3.85. The van der Waals surface area contributed by atoms with Gasteiger partial charge in [-0.2, -0.15) is 0 Å². The van der Waals surface area contributed by atoms with Crippen molar-refractivity contribution < 1.29 is 5.11 Å². The highest BCUT2D eigenvalue weighted by Crippen LogP contribution is 2.08. The molecule has 0 bridgehead atoms. The molecule has 5 nitrogen and oxygen atoms in total. The number of aliphatic hydroxyl groups excluding tert-OH is 1. The Morgan fingerprint density at radius 1 is 1.64 bits per heavy atom. The predicted octanol–water partition coefficient (Wildman–Crippen LogP) is 0.836. The minimum Gasteiger partial charge on any atom is -0.387 e. The van der Waals surface area contributed by atoms with Gasteiger partial charge in [-0.05, 0) is 6.92 Å². The fourth-order valence-electron chi connectivity index (χ4n) is 1.06. The molecule has 0 radical (unpaired) electrons. The van der Waals surface area contributed by atoms with Crippen LogP contribution in [0.1, 0.15) is 24.4 Å². The number of thiazole rings is 1. The molecule has 0 aliphatic rings. The third kappa shape index (κ3) is 1.97. The smallest absolute Gasteiger partial charge is 0.111 e. The Kier molecular flexibility index (Phi) is 2.55. The molecule has 0 saturated heterocycles. The maximum Gasteiger partial charge on any atom is 0.111 e. The quantitative estimate of drug-likeness (QED) is 0.815. The van der Waals surface area contributed by atoms with Crippen LogP contribution in [0.2, 0.25) is 0 Å². The van der Waals surface area contributed by atoms with E-state index >= 15 is 0 Å². The summed E-state index contributed by atoms with van der Waals surface area (Å²) >= 11 is 1.55. The molecule has 0 aromatic carbocycles. The van der Waals surface area contributed by atoms with Crippen LogP contribution >= 0.6 is 11.3 Å². The molecule has 74 valence electrons. The van der Waals surface area contributed by atoms with Crippen molar-refractivity contribution in [1.82, 2.24) is 20.0 Å². The lowest BCUT2D eigenvalue weighted by Gasteiger charge is -1.96. The van der Waals surface area contributed by atoms with Crippen LogP contribution in [0.15, 0.2) is 17.1 Å². The van der Waals surface area contributed by atoms with Gasteiger partial charge in [0.25, 0.3) is 0 Å². The Balaban J connectivity index is 2.11. The van der Waals surface area contributed by atoms with Gasteiger partial charge >= 0.3 is 0 Å². The van der Waals surface area contributed by atoms with E-state index in [0.29, 0.717) is 12.2 Å². The van der Waals surface area contributed by atoms with Crippen molar-refractivity contribution in [3.8, 4) is 0 Å². The summed E-state index contributed by atoms with van der Waals surface area (Å²) in [6.45, 7) is 2.26. The van der Waals surface area contributed by atoms with Crippen LogP contribution in [0.3, 0.4) is 0 Å². The molecule has 2 aromatic heterocycles. The third-order valence-corrected chi connectivity index (χ3v) is 2.43. The van der Waals surface area contributed by atoms with Gasteiger partial charge in [-0.1, -0.05) is 5.21 Å². The van der Waals surface area contributed by atoms with Gasteiger partial charge in [0, 0.05) is 5.38 Å². The van der Waals surface area contributed by atoms with E-state index in [9.17, 15) is 5.11 Å². The lowest BCUT2D eigenvalue weighted by molar-refractivity contribution is 0.194. The molecule has 0 fully saturated rings. The minimum atomic E-state index is -0.570. The number of hydrogen-bond acceptors (Lipinski definition) is 5. The van der Waals surface area contributed by atoms with Crippen LogP contribution in [-0.4, -0.2) is 25.1 Å². The van der Waals surface area contributed by atoms with Crippen LogP contribution in [-0.2, 0) is 6.54 Å². The minimum absolute atomic E-state index is 0.570. The van der Waals surface area contributed by atoms with Gasteiger partial charge < -0.3 is 5.11 Å². The fraction of sp³-hybridized carbons (Fsp3) is 0.375. The standard InChI is InChI=1S/C8H10N4OS/c1-6(13)8-3-12(11-10-8)2-7-4-14-5-9-7/h3-6,13H,2H2,1H3/t6-/m1/s1. The van der Waals surface area contributed by atoms with Crippen molar-refractivity contribution in [3.63, 3.8) is 0 Å². The third-order valence-electron chi connectivity index (χ3n) is 1.79. The molecule has 0 unspecified atom stereocenters. The molecule has 14 heavy (non-hydrogen) atoms. The van der Waals surface area contributed by atoms with E-state index in [-0.39, 0.29) is 0 Å². The Morgan fingerprint density at radius 2 is 2.50 bits per heavy atom. The van der Waals surface area contributed by atoms with Crippen molar-refractivity contribution in [2.45, 2.75) is 19.6 Å². The van der Waals surface area contributed by atoms with Crippen LogP contribution in [0, 0.1) is 0 Å².